The summed E-state index contributed by atoms with van der Waals surface area (Å²) in [6.45, 7) is 1.74. The molecule has 3 amide bonds. The molecule has 8 nitrogen and oxygen atoms in total. The van der Waals surface area contributed by atoms with Gasteiger partial charge in [0, 0.05) is 24.8 Å². The summed E-state index contributed by atoms with van der Waals surface area (Å²) in [4.78, 5) is 28.4. The van der Waals surface area contributed by atoms with Crippen molar-refractivity contribution >= 4 is 17.6 Å². The van der Waals surface area contributed by atoms with E-state index in [1.165, 1.54) is 4.90 Å². The highest BCUT2D eigenvalue weighted by Gasteiger charge is 2.54. The fourth-order valence-electron chi connectivity index (χ4n) is 3.73. The highest BCUT2D eigenvalue weighted by molar-refractivity contribution is 5.90. The Hall–Kier alpha value is -2.39. The van der Waals surface area contributed by atoms with Gasteiger partial charge in [-0.3, -0.25) is 4.79 Å². The molecule has 0 bridgehead atoms. The quantitative estimate of drug-likeness (QED) is 0.829. The molecule has 1 aromatic carbocycles. The number of rotatable bonds is 3. The topological polar surface area (TPSA) is 80.3 Å². The number of carbonyl (C=O) groups excluding carboxylic acids is 2. The van der Waals surface area contributed by atoms with Crippen molar-refractivity contribution in [3.63, 3.8) is 0 Å². The van der Waals surface area contributed by atoms with Gasteiger partial charge in [0.15, 0.2) is 5.67 Å². The Morgan fingerprint density at radius 3 is 2.66 bits per heavy atom. The monoisotopic (exact) mass is 407 g/mol. The molecule has 2 aliphatic heterocycles. The number of halogens is 1. The fraction of sp³-hybridized carbons (Fsp3) is 0.600. The molecule has 158 valence electrons. The van der Waals surface area contributed by atoms with E-state index in [0.717, 1.165) is 0 Å². The predicted molar refractivity (Wildman–Crippen MR) is 102 cm³/mol. The van der Waals surface area contributed by atoms with E-state index >= 15 is 0 Å². The van der Waals surface area contributed by atoms with Gasteiger partial charge < -0.3 is 29.3 Å². The minimum atomic E-state index is -1.73. The summed E-state index contributed by atoms with van der Waals surface area (Å²) in [5.74, 6) is -0.992. The molecule has 1 unspecified atom stereocenters. The number of morpholine rings is 1. The number of ether oxygens (including phenoxy) is 3. The van der Waals surface area contributed by atoms with Gasteiger partial charge in [-0.25, -0.2) is 9.18 Å². The first-order valence-corrected chi connectivity index (χ1v) is 9.89. The van der Waals surface area contributed by atoms with Gasteiger partial charge in [0.25, 0.3) is 5.91 Å². The zero-order valence-electron chi connectivity index (χ0n) is 16.5. The van der Waals surface area contributed by atoms with E-state index in [0.29, 0.717) is 37.6 Å². The molecule has 29 heavy (non-hydrogen) atoms. The van der Waals surface area contributed by atoms with Crippen LogP contribution in [0.25, 0.3) is 0 Å². The van der Waals surface area contributed by atoms with Crippen molar-refractivity contribution in [1.29, 1.82) is 0 Å². The van der Waals surface area contributed by atoms with Crippen molar-refractivity contribution in [2.75, 3.05) is 51.8 Å². The summed E-state index contributed by atoms with van der Waals surface area (Å²) in [5.41, 5.74) is -1.12. The van der Waals surface area contributed by atoms with E-state index in [1.807, 2.05) is 0 Å². The number of hydrogen-bond acceptors (Lipinski definition) is 5. The molecular weight excluding hydrogens is 381 g/mol. The molecule has 1 aliphatic carbocycles. The molecule has 1 N–H and O–H groups in total. The number of benzene rings is 1. The first kappa shape index (κ1) is 19.9. The second-order valence-electron chi connectivity index (χ2n) is 7.74. The lowest BCUT2D eigenvalue weighted by Crippen LogP contribution is -2.60. The maximum Gasteiger partial charge on any atom is 0.322 e. The lowest BCUT2D eigenvalue weighted by molar-refractivity contribution is -0.260. The highest BCUT2D eigenvalue weighted by atomic mass is 19.1. The van der Waals surface area contributed by atoms with E-state index < -0.39 is 17.4 Å². The molecule has 0 radical (unpaired) electrons. The summed E-state index contributed by atoms with van der Waals surface area (Å²) >= 11 is 0. The molecule has 1 saturated carbocycles. The number of hydrogen-bond donors (Lipinski definition) is 1. The SMILES string of the molecule is COc1cccc(NC(=O)N2CCOC3(C2)CN(C(=O)C2(F)CC2)CCCO3)c1. The van der Waals surface area contributed by atoms with Crippen molar-refractivity contribution in [2.24, 2.45) is 0 Å². The zero-order valence-corrected chi connectivity index (χ0v) is 16.5. The lowest BCUT2D eigenvalue weighted by atomic mass is 10.1. The van der Waals surface area contributed by atoms with Crippen molar-refractivity contribution in [1.82, 2.24) is 9.80 Å². The van der Waals surface area contributed by atoms with Gasteiger partial charge in [-0.05, 0) is 31.4 Å². The van der Waals surface area contributed by atoms with Crippen LogP contribution in [0.4, 0.5) is 14.9 Å². The molecule has 2 heterocycles. The lowest BCUT2D eigenvalue weighted by Gasteiger charge is -2.43. The Morgan fingerprint density at radius 2 is 1.90 bits per heavy atom. The summed E-state index contributed by atoms with van der Waals surface area (Å²) in [6, 6.07) is 6.79. The van der Waals surface area contributed by atoms with Gasteiger partial charge in [-0.15, -0.1) is 0 Å². The Balaban J connectivity index is 1.44. The van der Waals surface area contributed by atoms with Crippen molar-refractivity contribution < 1.29 is 28.2 Å². The first-order chi connectivity index (χ1) is 13.9. The van der Waals surface area contributed by atoms with Crippen LogP contribution < -0.4 is 10.1 Å². The number of nitrogens with one attached hydrogen (secondary N) is 1. The molecule has 9 heteroatoms. The minimum absolute atomic E-state index is 0.112. The number of nitrogens with zero attached hydrogens (tertiary/aromatic N) is 2. The highest BCUT2D eigenvalue weighted by Crippen LogP contribution is 2.42. The number of carbonyl (C=O) groups is 2. The minimum Gasteiger partial charge on any atom is -0.497 e. The maximum absolute atomic E-state index is 14.3. The van der Waals surface area contributed by atoms with Crippen LogP contribution in [0.5, 0.6) is 5.75 Å². The Bertz CT molecular complexity index is 787. The van der Waals surface area contributed by atoms with E-state index in [4.69, 9.17) is 14.2 Å². The van der Waals surface area contributed by atoms with E-state index in [1.54, 1.807) is 36.3 Å². The third-order valence-electron chi connectivity index (χ3n) is 5.50. The third-order valence-corrected chi connectivity index (χ3v) is 5.50. The molecule has 3 fully saturated rings. The summed E-state index contributed by atoms with van der Waals surface area (Å²) < 4.78 is 31.3. The molecule has 1 atom stereocenters. The summed E-state index contributed by atoms with van der Waals surface area (Å²) in [6.07, 6.45) is 1.14. The predicted octanol–water partition coefficient (Wildman–Crippen LogP) is 2.01. The van der Waals surface area contributed by atoms with Crippen LogP contribution in [-0.2, 0) is 14.3 Å². The third kappa shape index (κ3) is 4.30. The van der Waals surface area contributed by atoms with Gasteiger partial charge in [0.2, 0.25) is 5.79 Å². The summed E-state index contributed by atoms with van der Waals surface area (Å²) in [7, 11) is 1.56. The Morgan fingerprint density at radius 1 is 1.14 bits per heavy atom. The number of amides is 3. The molecular formula is C20H26FN3O5. The average Bonchev–Trinajstić information content (AvgIpc) is 3.51. The van der Waals surface area contributed by atoms with Crippen LogP contribution in [0.1, 0.15) is 19.3 Å². The molecule has 1 spiro atoms. The van der Waals surface area contributed by atoms with Gasteiger partial charge >= 0.3 is 6.03 Å². The summed E-state index contributed by atoms with van der Waals surface area (Å²) in [5, 5.41) is 2.85. The molecule has 2 saturated heterocycles. The largest absolute Gasteiger partial charge is 0.497 e. The smallest absolute Gasteiger partial charge is 0.322 e. The van der Waals surface area contributed by atoms with Gasteiger partial charge in [0.05, 0.1) is 33.4 Å². The van der Waals surface area contributed by atoms with Crippen LogP contribution in [-0.4, -0.2) is 79.7 Å². The van der Waals surface area contributed by atoms with E-state index in [-0.39, 0.29) is 38.6 Å². The molecule has 0 aromatic heterocycles. The first-order valence-electron chi connectivity index (χ1n) is 9.89. The maximum atomic E-state index is 14.3. The van der Waals surface area contributed by atoms with Gasteiger partial charge in [0.1, 0.15) is 5.75 Å². The Labute approximate surface area is 168 Å². The van der Waals surface area contributed by atoms with Crippen LogP contribution in [0.15, 0.2) is 24.3 Å². The van der Waals surface area contributed by atoms with Gasteiger partial charge in [-0.1, -0.05) is 6.07 Å². The van der Waals surface area contributed by atoms with Crippen LogP contribution in [0.2, 0.25) is 0 Å². The second-order valence-corrected chi connectivity index (χ2v) is 7.74. The number of methoxy groups -OCH3 is 1. The van der Waals surface area contributed by atoms with Crippen molar-refractivity contribution in [3.05, 3.63) is 24.3 Å². The zero-order chi connectivity index (χ0) is 20.5. The molecule has 3 aliphatic rings. The van der Waals surface area contributed by atoms with Crippen molar-refractivity contribution in [3.8, 4) is 5.75 Å². The van der Waals surface area contributed by atoms with Crippen LogP contribution in [0, 0.1) is 0 Å². The molecule has 1 aromatic rings. The van der Waals surface area contributed by atoms with E-state index in [2.05, 4.69) is 5.32 Å². The van der Waals surface area contributed by atoms with Crippen LogP contribution in [0.3, 0.4) is 0 Å². The second kappa shape index (κ2) is 7.79. The normalized spacial score (nSPS) is 26.0. The number of anilines is 1. The fourth-order valence-corrected chi connectivity index (χ4v) is 3.73. The van der Waals surface area contributed by atoms with E-state index in [9.17, 15) is 14.0 Å². The Kier molecular flexibility index (Phi) is 5.35. The van der Waals surface area contributed by atoms with Crippen molar-refractivity contribution in [2.45, 2.75) is 30.7 Å². The standard InChI is InChI=1S/C20H26FN3O5/c1-27-16-5-2-4-15(12-16)22-18(26)24-9-11-29-20(14-24)13-23(8-3-10-28-20)17(25)19(21)6-7-19/h2,4-5,12H,3,6-11,13-14H2,1H3,(H,22,26). The molecule has 4 rings (SSSR count). The average molecular weight is 407 g/mol. The number of alkyl halides is 1. The van der Waals surface area contributed by atoms with Gasteiger partial charge in [-0.2, -0.15) is 0 Å². The number of urea groups is 1. The van der Waals surface area contributed by atoms with Crippen LogP contribution >= 0.6 is 0 Å².